The molecule has 0 aliphatic rings. The van der Waals surface area contributed by atoms with Crippen molar-refractivity contribution in [2.24, 2.45) is 12.8 Å². The first-order valence-electron chi connectivity index (χ1n) is 5.75. The van der Waals surface area contributed by atoms with Crippen LogP contribution >= 0.6 is 0 Å². The molecule has 0 aliphatic heterocycles. The average molecular weight is 234 g/mol. The lowest BCUT2D eigenvalue weighted by atomic mass is 10.1. The lowest BCUT2D eigenvalue weighted by Gasteiger charge is -2.07. The Labute approximate surface area is 100 Å². The molecular formula is C12H18N4O. The van der Waals surface area contributed by atoms with Gasteiger partial charge in [0.1, 0.15) is 11.3 Å². The zero-order valence-electron chi connectivity index (χ0n) is 10.4. The van der Waals surface area contributed by atoms with Crippen molar-refractivity contribution >= 4 is 11.2 Å². The molecular weight excluding hydrogens is 216 g/mol. The number of aliphatic hydroxyl groups is 1. The van der Waals surface area contributed by atoms with E-state index in [0.717, 1.165) is 22.6 Å². The molecule has 1 atom stereocenters. The van der Waals surface area contributed by atoms with Gasteiger partial charge < -0.3 is 15.4 Å². The molecule has 5 heteroatoms. The van der Waals surface area contributed by atoms with E-state index in [4.69, 9.17) is 5.73 Å². The number of pyridine rings is 1. The van der Waals surface area contributed by atoms with E-state index in [1.54, 1.807) is 12.3 Å². The summed E-state index contributed by atoms with van der Waals surface area (Å²) in [6.45, 7) is 4.35. The van der Waals surface area contributed by atoms with E-state index in [-0.39, 0.29) is 6.54 Å². The second-order valence-electron chi connectivity index (χ2n) is 4.51. The number of aliphatic hydroxyl groups excluding tert-OH is 1. The Hall–Kier alpha value is -1.46. The van der Waals surface area contributed by atoms with Crippen molar-refractivity contribution in [3.63, 3.8) is 0 Å². The van der Waals surface area contributed by atoms with Gasteiger partial charge in [0.15, 0.2) is 5.65 Å². The predicted octanol–water partition coefficient (Wildman–Crippen LogP) is 1.08. The van der Waals surface area contributed by atoms with Crippen molar-refractivity contribution in [1.29, 1.82) is 0 Å². The number of aromatic nitrogens is 3. The number of fused-ring (bicyclic) bond motifs is 1. The number of rotatable bonds is 3. The fraction of sp³-hybridized carbons (Fsp3) is 0.500. The highest BCUT2D eigenvalue weighted by molar-refractivity contribution is 5.76. The van der Waals surface area contributed by atoms with Crippen LogP contribution in [-0.4, -0.2) is 26.2 Å². The minimum absolute atomic E-state index is 0.187. The lowest BCUT2D eigenvalue weighted by Crippen LogP contribution is -2.12. The van der Waals surface area contributed by atoms with Crippen LogP contribution in [0.15, 0.2) is 12.3 Å². The predicted molar refractivity (Wildman–Crippen MR) is 66.6 cm³/mol. The summed E-state index contributed by atoms with van der Waals surface area (Å²) in [6, 6.07) is 1.77. The zero-order valence-corrected chi connectivity index (χ0v) is 10.4. The molecule has 0 saturated heterocycles. The smallest absolute Gasteiger partial charge is 0.160 e. The molecule has 3 N–H and O–H groups in total. The highest BCUT2D eigenvalue weighted by Gasteiger charge is 2.17. The molecule has 0 spiro atoms. The highest BCUT2D eigenvalue weighted by atomic mass is 16.3. The van der Waals surface area contributed by atoms with Gasteiger partial charge in [-0.05, 0) is 6.07 Å². The molecule has 2 aromatic rings. The minimum Gasteiger partial charge on any atom is -0.387 e. The van der Waals surface area contributed by atoms with Crippen LogP contribution in [0.3, 0.4) is 0 Å². The maximum absolute atomic E-state index is 9.86. The Kier molecular flexibility index (Phi) is 3.13. The first kappa shape index (κ1) is 12.0. The summed E-state index contributed by atoms with van der Waals surface area (Å²) in [5, 5.41) is 9.86. The van der Waals surface area contributed by atoms with Crippen LogP contribution in [0.25, 0.3) is 11.2 Å². The summed E-state index contributed by atoms with van der Waals surface area (Å²) in [6.07, 6.45) is 0.998. The van der Waals surface area contributed by atoms with Gasteiger partial charge in [-0.3, -0.25) is 0 Å². The number of hydrogen-bond donors (Lipinski definition) is 2. The number of nitrogens with zero attached hydrogens (tertiary/aromatic N) is 3. The molecule has 5 nitrogen and oxygen atoms in total. The molecule has 0 fully saturated rings. The zero-order chi connectivity index (χ0) is 12.6. The largest absolute Gasteiger partial charge is 0.387 e. The first-order valence-corrected chi connectivity index (χ1v) is 5.75. The quantitative estimate of drug-likeness (QED) is 0.833. The molecule has 17 heavy (non-hydrogen) atoms. The van der Waals surface area contributed by atoms with Gasteiger partial charge >= 0.3 is 0 Å². The topological polar surface area (TPSA) is 77.0 Å². The van der Waals surface area contributed by atoms with Crippen molar-refractivity contribution in [1.82, 2.24) is 14.5 Å². The Bertz CT molecular complexity index is 533. The maximum Gasteiger partial charge on any atom is 0.160 e. The van der Waals surface area contributed by atoms with E-state index in [1.165, 1.54) is 0 Å². The monoisotopic (exact) mass is 234 g/mol. The van der Waals surface area contributed by atoms with Crippen LogP contribution in [0.2, 0.25) is 0 Å². The molecule has 2 rings (SSSR count). The van der Waals surface area contributed by atoms with Gasteiger partial charge in [-0.1, -0.05) is 13.8 Å². The lowest BCUT2D eigenvalue weighted by molar-refractivity contribution is 0.188. The molecule has 0 aromatic carbocycles. The van der Waals surface area contributed by atoms with Crippen LogP contribution in [0.5, 0.6) is 0 Å². The van der Waals surface area contributed by atoms with E-state index in [9.17, 15) is 5.11 Å². The fourth-order valence-electron chi connectivity index (χ4n) is 2.03. The Morgan fingerprint density at radius 3 is 2.76 bits per heavy atom. The SMILES string of the molecule is CC(C)c1nc2c(C(O)CN)ccnc2n1C. The summed E-state index contributed by atoms with van der Waals surface area (Å²) in [5.74, 6) is 1.28. The Morgan fingerprint density at radius 1 is 1.47 bits per heavy atom. The van der Waals surface area contributed by atoms with E-state index < -0.39 is 6.10 Å². The van der Waals surface area contributed by atoms with Gasteiger partial charge in [0.25, 0.3) is 0 Å². The van der Waals surface area contributed by atoms with Crippen molar-refractivity contribution in [3.05, 3.63) is 23.7 Å². The van der Waals surface area contributed by atoms with Gasteiger partial charge in [-0.25, -0.2) is 9.97 Å². The highest BCUT2D eigenvalue weighted by Crippen LogP contribution is 2.24. The summed E-state index contributed by atoms with van der Waals surface area (Å²) in [5.41, 5.74) is 7.78. The maximum atomic E-state index is 9.86. The van der Waals surface area contributed by atoms with E-state index >= 15 is 0 Å². The van der Waals surface area contributed by atoms with Gasteiger partial charge in [-0.15, -0.1) is 0 Å². The van der Waals surface area contributed by atoms with Gasteiger partial charge in [0.2, 0.25) is 0 Å². The van der Waals surface area contributed by atoms with Crippen LogP contribution in [0.1, 0.15) is 37.3 Å². The first-order chi connectivity index (χ1) is 8.06. The molecule has 0 bridgehead atoms. The standard InChI is InChI=1S/C12H18N4O/c1-7(2)11-15-10-8(9(17)6-13)4-5-14-12(10)16(11)3/h4-5,7,9,17H,6,13H2,1-3H3. The van der Waals surface area contributed by atoms with Crippen LogP contribution in [-0.2, 0) is 7.05 Å². The molecule has 2 aromatic heterocycles. The number of hydrogen-bond acceptors (Lipinski definition) is 4. The molecule has 0 radical (unpaired) electrons. The van der Waals surface area contributed by atoms with Crippen LogP contribution in [0.4, 0.5) is 0 Å². The molecule has 92 valence electrons. The molecule has 0 aliphatic carbocycles. The van der Waals surface area contributed by atoms with Gasteiger partial charge in [0.05, 0.1) is 6.10 Å². The third-order valence-electron chi connectivity index (χ3n) is 2.92. The van der Waals surface area contributed by atoms with E-state index in [2.05, 4.69) is 23.8 Å². The van der Waals surface area contributed by atoms with Crippen molar-refractivity contribution in [3.8, 4) is 0 Å². The average Bonchev–Trinajstić information content (AvgIpc) is 2.66. The summed E-state index contributed by atoms with van der Waals surface area (Å²) in [4.78, 5) is 8.88. The van der Waals surface area contributed by atoms with Gasteiger partial charge in [-0.2, -0.15) is 0 Å². The van der Waals surface area contributed by atoms with Crippen molar-refractivity contribution in [2.45, 2.75) is 25.9 Å². The number of nitrogens with two attached hydrogens (primary N) is 1. The summed E-state index contributed by atoms with van der Waals surface area (Å²) >= 11 is 0. The second kappa shape index (κ2) is 4.43. The van der Waals surface area contributed by atoms with Crippen LogP contribution < -0.4 is 5.73 Å². The Balaban J connectivity index is 2.69. The second-order valence-corrected chi connectivity index (χ2v) is 4.51. The van der Waals surface area contributed by atoms with E-state index in [0.29, 0.717) is 5.92 Å². The van der Waals surface area contributed by atoms with E-state index in [1.807, 2.05) is 11.6 Å². The summed E-state index contributed by atoms with van der Waals surface area (Å²) in [7, 11) is 1.94. The molecule has 1 unspecified atom stereocenters. The molecule has 0 amide bonds. The summed E-state index contributed by atoms with van der Waals surface area (Å²) < 4.78 is 1.97. The molecule has 2 heterocycles. The van der Waals surface area contributed by atoms with Gasteiger partial charge in [0, 0.05) is 31.3 Å². The minimum atomic E-state index is -0.685. The van der Waals surface area contributed by atoms with Crippen molar-refractivity contribution in [2.75, 3.05) is 6.54 Å². The number of imidazole rings is 1. The van der Waals surface area contributed by atoms with Crippen molar-refractivity contribution < 1.29 is 5.11 Å². The third kappa shape index (κ3) is 1.92. The molecule has 0 saturated carbocycles. The normalized spacial score (nSPS) is 13.5. The van der Waals surface area contributed by atoms with Crippen LogP contribution in [0, 0.1) is 0 Å². The number of aryl methyl sites for hydroxylation is 1. The fourth-order valence-corrected chi connectivity index (χ4v) is 2.03. The Morgan fingerprint density at radius 2 is 2.18 bits per heavy atom. The third-order valence-corrected chi connectivity index (χ3v) is 2.92.